The summed E-state index contributed by atoms with van der Waals surface area (Å²) in [6, 6.07) is 24.1. The molecule has 0 radical (unpaired) electrons. The smallest absolute Gasteiger partial charge is 0.269 e. The van der Waals surface area contributed by atoms with E-state index in [-0.39, 0.29) is 30.0 Å². The molecule has 1 fully saturated rings. The van der Waals surface area contributed by atoms with Crippen molar-refractivity contribution in [2.24, 2.45) is 0 Å². The van der Waals surface area contributed by atoms with E-state index in [9.17, 15) is 14.4 Å². The monoisotopic (exact) mass is 491 g/mol. The molecule has 0 bridgehead atoms. The van der Waals surface area contributed by atoms with Crippen LogP contribution in [-0.4, -0.2) is 36.6 Å². The van der Waals surface area contributed by atoms with Crippen LogP contribution in [0.25, 0.3) is 0 Å². The van der Waals surface area contributed by atoms with E-state index in [0.717, 1.165) is 5.56 Å². The summed E-state index contributed by atoms with van der Waals surface area (Å²) in [6.07, 6.45) is 0.704. The van der Waals surface area contributed by atoms with Crippen LogP contribution in [0.4, 0.5) is 11.4 Å². The van der Waals surface area contributed by atoms with Crippen molar-refractivity contribution in [3.63, 3.8) is 0 Å². The number of nitrogens with zero attached hydrogens (tertiary/aromatic N) is 2. The fraction of sp³-hybridized carbons (Fsp3) is 0.192. The van der Waals surface area contributed by atoms with Gasteiger partial charge < -0.3 is 5.32 Å². The molecule has 1 atom stereocenters. The lowest BCUT2D eigenvalue weighted by atomic mass is 10.0. The van der Waals surface area contributed by atoms with Gasteiger partial charge in [0, 0.05) is 22.8 Å². The molecule has 3 aromatic rings. The first kappa shape index (κ1) is 22.5. The van der Waals surface area contributed by atoms with Gasteiger partial charge in [-0.25, -0.2) is 0 Å². The lowest BCUT2D eigenvalue weighted by molar-refractivity contribution is -0.125. The largest absolute Gasteiger partial charge is 0.354 e. The SMILES string of the molecule is O=C(CN1C(=O)[C@]2(SCC(=O)N2c2ccc(Cl)cc2)c2ccccc21)NCCc1ccccc1. The Balaban J connectivity index is 1.40. The Morgan fingerprint density at radius 2 is 1.68 bits per heavy atom. The summed E-state index contributed by atoms with van der Waals surface area (Å²) in [5.74, 6) is -0.536. The molecule has 172 valence electrons. The summed E-state index contributed by atoms with van der Waals surface area (Å²) in [5, 5.41) is 3.46. The van der Waals surface area contributed by atoms with Crippen molar-refractivity contribution in [3.05, 3.63) is 95.0 Å². The maximum atomic E-state index is 13.9. The van der Waals surface area contributed by atoms with Gasteiger partial charge in [-0.05, 0) is 42.3 Å². The van der Waals surface area contributed by atoms with Gasteiger partial charge in [-0.1, -0.05) is 60.1 Å². The van der Waals surface area contributed by atoms with Crippen LogP contribution >= 0.6 is 23.4 Å². The molecule has 0 aromatic heterocycles. The maximum absolute atomic E-state index is 13.9. The van der Waals surface area contributed by atoms with Crippen LogP contribution in [0.2, 0.25) is 5.02 Å². The van der Waals surface area contributed by atoms with E-state index in [1.54, 1.807) is 29.2 Å². The molecule has 2 aliphatic heterocycles. The first-order chi connectivity index (χ1) is 16.5. The zero-order valence-electron chi connectivity index (χ0n) is 18.2. The zero-order valence-corrected chi connectivity index (χ0v) is 19.8. The van der Waals surface area contributed by atoms with Gasteiger partial charge in [-0.3, -0.25) is 24.2 Å². The molecule has 0 saturated carbocycles. The maximum Gasteiger partial charge on any atom is 0.269 e. The molecular formula is C26H22ClN3O3S. The molecular weight excluding hydrogens is 470 g/mol. The van der Waals surface area contributed by atoms with Gasteiger partial charge in [0.1, 0.15) is 6.54 Å². The Labute approximate surface area is 206 Å². The minimum absolute atomic E-state index is 0.115. The molecule has 2 aliphatic rings. The van der Waals surface area contributed by atoms with E-state index >= 15 is 0 Å². The van der Waals surface area contributed by atoms with Gasteiger partial charge in [0.2, 0.25) is 16.7 Å². The molecule has 5 rings (SSSR count). The summed E-state index contributed by atoms with van der Waals surface area (Å²) in [6.45, 7) is 0.359. The highest BCUT2D eigenvalue weighted by Gasteiger charge is 2.61. The predicted molar refractivity (Wildman–Crippen MR) is 135 cm³/mol. The Hall–Kier alpha value is -3.29. The number of benzene rings is 3. The summed E-state index contributed by atoms with van der Waals surface area (Å²) in [4.78, 5) is 41.5. The summed E-state index contributed by atoms with van der Waals surface area (Å²) in [5.41, 5.74) is 3.08. The number of halogens is 1. The van der Waals surface area contributed by atoms with E-state index in [0.29, 0.717) is 34.9 Å². The molecule has 1 N–H and O–H groups in total. The average molecular weight is 492 g/mol. The van der Waals surface area contributed by atoms with Crippen LogP contribution in [0.15, 0.2) is 78.9 Å². The van der Waals surface area contributed by atoms with Gasteiger partial charge in [0.25, 0.3) is 5.91 Å². The highest BCUT2D eigenvalue weighted by atomic mass is 35.5. The Morgan fingerprint density at radius 1 is 0.971 bits per heavy atom. The first-order valence-electron chi connectivity index (χ1n) is 11.0. The van der Waals surface area contributed by atoms with E-state index in [1.165, 1.54) is 16.7 Å². The van der Waals surface area contributed by atoms with E-state index in [4.69, 9.17) is 11.6 Å². The summed E-state index contributed by atoms with van der Waals surface area (Å²) < 4.78 is 0. The quantitative estimate of drug-likeness (QED) is 0.566. The van der Waals surface area contributed by atoms with Crippen LogP contribution in [0.1, 0.15) is 11.1 Å². The number of fused-ring (bicyclic) bond motifs is 2. The highest BCUT2D eigenvalue weighted by Crippen LogP contribution is 2.55. The molecule has 3 amide bonds. The van der Waals surface area contributed by atoms with Gasteiger partial charge in [-0.15, -0.1) is 11.8 Å². The number of anilines is 2. The number of carbonyl (C=O) groups excluding carboxylic acids is 3. The average Bonchev–Trinajstić information content (AvgIpc) is 3.31. The minimum atomic E-state index is -1.24. The topological polar surface area (TPSA) is 69.7 Å². The molecule has 0 unspecified atom stereocenters. The van der Waals surface area contributed by atoms with Crippen molar-refractivity contribution in [2.45, 2.75) is 11.3 Å². The second kappa shape index (κ2) is 9.16. The number of carbonyl (C=O) groups is 3. The molecule has 1 saturated heterocycles. The number of para-hydroxylation sites is 1. The van der Waals surface area contributed by atoms with Crippen LogP contribution in [0.3, 0.4) is 0 Å². The van der Waals surface area contributed by atoms with Crippen molar-refractivity contribution in [1.29, 1.82) is 0 Å². The molecule has 8 heteroatoms. The van der Waals surface area contributed by atoms with Crippen molar-refractivity contribution in [2.75, 3.05) is 28.6 Å². The molecule has 1 spiro atoms. The fourth-order valence-electron chi connectivity index (χ4n) is 4.49. The number of thioether (sulfide) groups is 1. The zero-order chi connectivity index (χ0) is 23.7. The molecule has 34 heavy (non-hydrogen) atoms. The molecule has 3 aromatic carbocycles. The number of rotatable bonds is 6. The first-order valence-corrected chi connectivity index (χ1v) is 12.3. The van der Waals surface area contributed by atoms with Crippen LogP contribution in [-0.2, 0) is 25.7 Å². The van der Waals surface area contributed by atoms with Gasteiger partial charge in [0.15, 0.2) is 0 Å². The van der Waals surface area contributed by atoms with Crippen LogP contribution in [0, 0.1) is 0 Å². The standard InChI is InChI=1S/C26H22ClN3O3S/c27-19-10-12-20(13-11-19)30-24(32)17-34-26(30)21-8-4-5-9-22(21)29(25(26)33)16-23(31)28-15-14-18-6-2-1-3-7-18/h1-13H,14-17H2,(H,28,31)/t26-/m1/s1. The fourth-order valence-corrected chi connectivity index (χ4v) is 5.98. The predicted octanol–water partition coefficient (Wildman–Crippen LogP) is 3.98. The number of hydrogen-bond acceptors (Lipinski definition) is 4. The summed E-state index contributed by atoms with van der Waals surface area (Å²) in [7, 11) is 0. The normalized spacial score (nSPS) is 19.1. The number of nitrogens with one attached hydrogen (secondary N) is 1. The van der Waals surface area contributed by atoms with E-state index in [2.05, 4.69) is 5.32 Å². The van der Waals surface area contributed by atoms with Crippen LogP contribution < -0.4 is 15.1 Å². The third kappa shape index (κ3) is 3.85. The van der Waals surface area contributed by atoms with Crippen molar-refractivity contribution in [1.82, 2.24) is 5.32 Å². The number of amides is 3. The Kier molecular flexibility index (Phi) is 6.06. The van der Waals surface area contributed by atoms with Crippen LogP contribution in [0.5, 0.6) is 0 Å². The minimum Gasteiger partial charge on any atom is -0.354 e. The van der Waals surface area contributed by atoms with Gasteiger partial charge in [-0.2, -0.15) is 0 Å². The van der Waals surface area contributed by atoms with Gasteiger partial charge >= 0.3 is 0 Å². The van der Waals surface area contributed by atoms with Crippen molar-refractivity contribution < 1.29 is 14.4 Å². The molecule has 6 nitrogen and oxygen atoms in total. The van der Waals surface area contributed by atoms with Crippen molar-refractivity contribution >= 4 is 52.5 Å². The highest BCUT2D eigenvalue weighted by molar-refractivity contribution is 8.02. The second-order valence-electron chi connectivity index (χ2n) is 8.13. The van der Waals surface area contributed by atoms with E-state index in [1.807, 2.05) is 54.6 Å². The Morgan fingerprint density at radius 3 is 2.44 bits per heavy atom. The third-order valence-corrected chi connectivity index (χ3v) is 7.67. The molecule has 2 heterocycles. The van der Waals surface area contributed by atoms with Crippen molar-refractivity contribution in [3.8, 4) is 0 Å². The third-order valence-electron chi connectivity index (χ3n) is 6.03. The lowest BCUT2D eigenvalue weighted by Crippen LogP contribution is -2.51. The van der Waals surface area contributed by atoms with Gasteiger partial charge in [0.05, 0.1) is 11.4 Å². The number of hydrogen-bond donors (Lipinski definition) is 1. The lowest BCUT2D eigenvalue weighted by Gasteiger charge is -2.33. The molecule has 0 aliphatic carbocycles. The Bertz CT molecular complexity index is 1250. The van der Waals surface area contributed by atoms with E-state index < -0.39 is 4.87 Å². The summed E-state index contributed by atoms with van der Waals surface area (Å²) >= 11 is 7.33. The second-order valence-corrected chi connectivity index (χ2v) is 9.74.